The lowest BCUT2D eigenvalue weighted by Gasteiger charge is -2.26. The van der Waals surface area contributed by atoms with Crippen LogP contribution in [0.1, 0.15) is 41.4 Å². The average Bonchev–Trinajstić information content (AvgIpc) is 4.11. The van der Waals surface area contributed by atoms with Crippen LogP contribution >= 0.6 is 22.7 Å². The molecule has 4 heterocycles. The minimum atomic E-state index is -0.360. The summed E-state index contributed by atoms with van der Waals surface area (Å²) in [5.74, 6) is -1.43. The van der Waals surface area contributed by atoms with Gasteiger partial charge in [0.15, 0.2) is 0 Å². The van der Waals surface area contributed by atoms with Crippen molar-refractivity contribution in [2.45, 2.75) is 0 Å². The zero-order valence-electron chi connectivity index (χ0n) is 36.0. The van der Waals surface area contributed by atoms with Crippen molar-refractivity contribution < 1.29 is 19.2 Å². The number of para-hydroxylation sites is 4. The van der Waals surface area contributed by atoms with Gasteiger partial charge in [-0.05, 0) is 145 Å². The van der Waals surface area contributed by atoms with Gasteiger partial charge in [-0.3, -0.25) is 19.2 Å². The van der Waals surface area contributed by atoms with E-state index >= 15 is 0 Å². The highest BCUT2D eigenvalue weighted by Gasteiger charge is 2.38. The SMILES string of the molecule is O=C1c2ccc(-c3cc4sc(-c5ccc6c(c5)C(=O)N(c5ccc(N(c7ccccc7)c7ccccc7)cc5)C6=O)cc4s3)cc2C(=O)N1c1ccc(N(c2ccccc2)c2ccccc2)cc1. The second kappa shape index (κ2) is 16.6. The van der Waals surface area contributed by atoms with Crippen LogP contribution in [0.3, 0.4) is 0 Å². The Labute approximate surface area is 399 Å². The van der Waals surface area contributed by atoms with Crippen LogP contribution in [0.2, 0.25) is 0 Å². The lowest BCUT2D eigenvalue weighted by atomic mass is 10.0. The molecular weight excluding hydrogens is 881 g/mol. The van der Waals surface area contributed by atoms with Gasteiger partial charge in [-0.25, -0.2) is 9.80 Å². The molecule has 0 saturated carbocycles. The van der Waals surface area contributed by atoms with Crippen molar-refractivity contribution in [2.75, 3.05) is 19.6 Å². The molecule has 68 heavy (non-hydrogen) atoms. The maximum Gasteiger partial charge on any atom is 0.266 e. The van der Waals surface area contributed by atoms with Crippen LogP contribution in [0.15, 0.2) is 218 Å². The van der Waals surface area contributed by atoms with Crippen LogP contribution in [-0.4, -0.2) is 23.6 Å². The Morgan fingerprint density at radius 3 is 0.912 bits per heavy atom. The summed E-state index contributed by atoms with van der Waals surface area (Å²) in [7, 11) is 0. The van der Waals surface area contributed by atoms with Crippen LogP contribution in [0.4, 0.5) is 45.5 Å². The number of amides is 4. The third kappa shape index (κ3) is 6.98. The first-order chi connectivity index (χ1) is 33.4. The molecule has 2 aliphatic heterocycles. The Kier molecular flexibility index (Phi) is 9.97. The number of hydrogen-bond donors (Lipinski definition) is 0. The molecule has 12 rings (SSSR count). The number of fused-ring (bicyclic) bond motifs is 3. The maximum atomic E-state index is 14.0. The molecule has 0 aliphatic carbocycles. The topological polar surface area (TPSA) is 81.2 Å². The van der Waals surface area contributed by atoms with Gasteiger partial charge < -0.3 is 9.80 Å². The molecule has 0 fully saturated rings. The smallest absolute Gasteiger partial charge is 0.266 e. The fourth-order valence-electron chi connectivity index (χ4n) is 9.08. The van der Waals surface area contributed by atoms with Crippen LogP contribution in [0.5, 0.6) is 0 Å². The fraction of sp³-hybridized carbons (Fsp3) is 0. The van der Waals surface area contributed by atoms with Gasteiger partial charge >= 0.3 is 0 Å². The summed E-state index contributed by atoms with van der Waals surface area (Å²) in [4.78, 5) is 64.2. The zero-order chi connectivity index (χ0) is 45.9. The molecule has 2 aliphatic rings. The van der Waals surface area contributed by atoms with E-state index in [0.717, 1.165) is 64.4 Å². The molecule has 0 atom stereocenters. The van der Waals surface area contributed by atoms with Crippen LogP contribution in [0, 0.1) is 0 Å². The Bertz CT molecular complexity index is 3250. The van der Waals surface area contributed by atoms with E-state index in [4.69, 9.17) is 0 Å². The summed E-state index contributed by atoms with van der Waals surface area (Å²) >= 11 is 3.20. The van der Waals surface area contributed by atoms with Crippen molar-refractivity contribution in [2.24, 2.45) is 0 Å². The molecule has 0 saturated heterocycles. The van der Waals surface area contributed by atoms with Crippen LogP contribution in [0.25, 0.3) is 30.3 Å². The second-order valence-electron chi connectivity index (χ2n) is 16.4. The first-order valence-corrected chi connectivity index (χ1v) is 23.6. The number of imide groups is 2. The third-order valence-electron chi connectivity index (χ3n) is 12.3. The second-order valence-corrected chi connectivity index (χ2v) is 18.6. The summed E-state index contributed by atoms with van der Waals surface area (Å²) in [6, 6.07) is 70.3. The molecule has 324 valence electrons. The van der Waals surface area contributed by atoms with Crippen molar-refractivity contribution in [3.8, 4) is 20.9 Å². The molecule has 8 aromatic carbocycles. The van der Waals surface area contributed by atoms with Crippen molar-refractivity contribution in [3.63, 3.8) is 0 Å². The molecule has 10 heteroatoms. The Hall–Kier alpha value is -8.70. The van der Waals surface area contributed by atoms with Gasteiger partial charge in [-0.2, -0.15) is 0 Å². The van der Waals surface area contributed by atoms with E-state index in [1.165, 1.54) is 9.80 Å². The minimum Gasteiger partial charge on any atom is -0.311 e. The van der Waals surface area contributed by atoms with Gasteiger partial charge in [-0.1, -0.05) is 84.9 Å². The average molecular weight is 917 g/mol. The van der Waals surface area contributed by atoms with Gasteiger partial charge in [0.1, 0.15) is 0 Å². The van der Waals surface area contributed by atoms with Crippen molar-refractivity contribution >= 4 is 101 Å². The molecular formula is C58H36N4O4S2. The Balaban J connectivity index is 0.767. The predicted octanol–water partition coefficient (Wildman–Crippen LogP) is 14.8. The van der Waals surface area contributed by atoms with Gasteiger partial charge in [0.25, 0.3) is 23.6 Å². The highest BCUT2D eigenvalue weighted by molar-refractivity contribution is 7.31. The van der Waals surface area contributed by atoms with Gasteiger partial charge in [0.2, 0.25) is 0 Å². The fourth-order valence-corrected chi connectivity index (χ4v) is 11.5. The first kappa shape index (κ1) is 40.8. The standard InChI is InChI=1S/C58H36N4O4S2/c63-55-47-31-21-37(33-49(47)57(65)61(55)45-27-23-43(24-28-45)59(39-13-5-1-6-14-39)40-15-7-2-8-16-40)51-35-53-54(67-51)36-52(68-53)38-22-32-48-50(34-38)58(66)62(56(48)64)46-29-25-44(26-30-46)60(41-17-9-3-10-18-41)42-19-11-4-12-20-42/h1-36H. The summed E-state index contributed by atoms with van der Waals surface area (Å²) in [5, 5.41) is 0. The Morgan fingerprint density at radius 1 is 0.294 bits per heavy atom. The van der Waals surface area contributed by atoms with E-state index < -0.39 is 0 Å². The third-order valence-corrected chi connectivity index (χ3v) is 14.7. The van der Waals surface area contributed by atoms with E-state index in [1.54, 1.807) is 34.8 Å². The number of thiophene rings is 2. The number of anilines is 8. The number of nitrogens with zero attached hydrogens (tertiary/aromatic N) is 4. The number of carbonyl (C=O) groups is 4. The van der Waals surface area contributed by atoms with Gasteiger partial charge in [0, 0.05) is 53.3 Å². The van der Waals surface area contributed by atoms with Crippen molar-refractivity contribution in [1.29, 1.82) is 0 Å². The van der Waals surface area contributed by atoms with E-state index in [9.17, 15) is 19.2 Å². The quantitative estimate of drug-likeness (QED) is 0.127. The van der Waals surface area contributed by atoms with E-state index in [-0.39, 0.29) is 23.6 Å². The van der Waals surface area contributed by atoms with Gasteiger partial charge in [0.05, 0.1) is 33.6 Å². The monoisotopic (exact) mass is 916 g/mol. The highest BCUT2D eigenvalue weighted by atomic mass is 32.1. The highest BCUT2D eigenvalue weighted by Crippen LogP contribution is 2.45. The van der Waals surface area contributed by atoms with E-state index in [1.807, 2.05) is 194 Å². The van der Waals surface area contributed by atoms with E-state index in [2.05, 4.69) is 21.9 Å². The maximum absolute atomic E-state index is 14.0. The summed E-state index contributed by atoms with van der Waals surface area (Å²) in [6.07, 6.45) is 0. The number of benzene rings is 8. The lowest BCUT2D eigenvalue weighted by Crippen LogP contribution is -2.29. The van der Waals surface area contributed by atoms with Crippen LogP contribution in [-0.2, 0) is 0 Å². The molecule has 0 N–H and O–H groups in total. The van der Waals surface area contributed by atoms with Gasteiger partial charge in [-0.15, -0.1) is 22.7 Å². The molecule has 0 unspecified atom stereocenters. The first-order valence-electron chi connectivity index (χ1n) is 22.0. The Morgan fingerprint density at radius 2 is 0.588 bits per heavy atom. The normalized spacial score (nSPS) is 13.1. The molecule has 4 amide bonds. The predicted molar refractivity (Wildman–Crippen MR) is 275 cm³/mol. The summed E-state index contributed by atoms with van der Waals surface area (Å²) < 4.78 is 2.10. The summed E-state index contributed by atoms with van der Waals surface area (Å²) in [5.41, 5.74) is 9.92. The molecule has 10 aromatic rings. The van der Waals surface area contributed by atoms with Crippen molar-refractivity contribution in [1.82, 2.24) is 0 Å². The molecule has 0 radical (unpaired) electrons. The molecule has 0 bridgehead atoms. The van der Waals surface area contributed by atoms with Crippen LogP contribution < -0.4 is 19.6 Å². The number of carbonyl (C=O) groups excluding carboxylic acids is 4. The minimum absolute atomic E-state index is 0.353. The van der Waals surface area contributed by atoms with E-state index in [0.29, 0.717) is 33.6 Å². The molecule has 8 nitrogen and oxygen atoms in total. The molecule has 2 aromatic heterocycles. The number of hydrogen-bond acceptors (Lipinski definition) is 8. The summed E-state index contributed by atoms with van der Waals surface area (Å²) in [6.45, 7) is 0. The largest absolute Gasteiger partial charge is 0.311 e. The lowest BCUT2D eigenvalue weighted by molar-refractivity contribution is 0.0910. The van der Waals surface area contributed by atoms with Crippen molar-refractivity contribution in [3.05, 3.63) is 241 Å². The molecule has 0 spiro atoms. The zero-order valence-corrected chi connectivity index (χ0v) is 37.7. The number of rotatable bonds is 10.